The molecule has 0 saturated carbocycles. The van der Waals surface area contributed by atoms with E-state index in [0.717, 1.165) is 35.8 Å². The Morgan fingerprint density at radius 2 is 1.16 bits per heavy atom. The van der Waals surface area contributed by atoms with Crippen LogP contribution in [0.1, 0.15) is 55.4 Å². The second-order valence-corrected chi connectivity index (χ2v) is 19.2. The molecule has 76 heavy (non-hydrogen) atoms. The number of alkyl halides is 6. The van der Waals surface area contributed by atoms with Gasteiger partial charge in [-0.05, 0) is 67.9 Å². The third-order valence-corrected chi connectivity index (χ3v) is 14.0. The second kappa shape index (κ2) is 21.6. The van der Waals surface area contributed by atoms with Crippen LogP contribution < -0.4 is 15.1 Å². The van der Waals surface area contributed by atoms with Gasteiger partial charge in [-0.2, -0.15) is 36.3 Å². The zero-order chi connectivity index (χ0) is 52.4. The number of hydrogen-bond donors (Lipinski definition) is 2. The number of rotatable bonds is 12. The van der Waals surface area contributed by atoms with E-state index in [1.165, 1.54) is 67.4 Å². The third-order valence-electron chi connectivity index (χ3n) is 11.9. The lowest BCUT2D eigenvalue weighted by Gasteiger charge is -2.57. The fraction of sp³-hybridized carbons (Fsp3) is 0.318. The highest BCUT2D eigenvalue weighted by Gasteiger charge is 2.53. The van der Waals surface area contributed by atoms with E-state index < -0.39 is 30.1 Å². The lowest BCUT2D eigenvalue weighted by atomic mass is 9.82. The maximum absolute atomic E-state index is 12.9. The predicted molar refractivity (Wildman–Crippen MR) is 250 cm³/mol. The van der Waals surface area contributed by atoms with Crippen molar-refractivity contribution in [2.75, 3.05) is 49.3 Å². The number of aromatic carboxylic acids is 1. The van der Waals surface area contributed by atoms with Crippen molar-refractivity contribution in [3.8, 4) is 21.4 Å². The Bertz CT molecular complexity index is 3230. The molecule has 0 bridgehead atoms. The van der Waals surface area contributed by atoms with Crippen LogP contribution in [0.5, 0.6) is 0 Å². The van der Waals surface area contributed by atoms with Gasteiger partial charge in [-0.25, -0.2) is 14.8 Å². The van der Waals surface area contributed by atoms with Gasteiger partial charge in [0.05, 0.1) is 72.7 Å². The Morgan fingerprint density at radius 1 is 0.658 bits per heavy atom. The average Bonchev–Trinajstić information content (AvgIpc) is 4.20. The van der Waals surface area contributed by atoms with Crippen LogP contribution in [-0.2, 0) is 34.9 Å². The highest BCUT2D eigenvalue weighted by Crippen LogP contribution is 2.39. The minimum atomic E-state index is -4.73. The molecule has 396 valence electrons. The first-order valence-electron chi connectivity index (χ1n) is 22.3. The van der Waals surface area contributed by atoms with Gasteiger partial charge in [0, 0.05) is 41.1 Å². The molecule has 8 aromatic heterocycles. The molecule has 4 fully saturated rings. The summed E-state index contributed by atoms with van der Waals surface area (Å²) in [6, 6.07) is 12.6. The molecular formula is C44H37F7N16O7S2. The molecule has 0 radical (unpaired) electrons. The number of halogens is 7. The van der Waals surface area contributed by atoms with Gasteiger partial charge in [-0.15, -0.1) is 43.1 Å². The number of nitrogens with zero attached hydrogens (tertiary/aromatic N) is 15. The van der Waals surface area contributed by atoms with E-state index in [-0.39, 0.29) is 52.3 Å². The van der Waals surface area contributed by atoms with Crippen molar-refractivity contribution in [1.82, 2.24) is 70.8 Å². The first-order chi connectivity index (χ1) is 36.0. The quantitative estimate of drug-likeness (QED) is 0.121. The molecule has 8 aromatic rings. The molecule has 1 amide bonds. The SMILES string of the molecule is C1CC2(COC2)N1.F.O=C(O)c1ccc(N(Cc2ccc(-c3noc(C(F)(F)F)n3)s2)c2cnccn2)nn1.O=C(c1ccc(N(Cc2ccc(-c3noc(C(F)(F)F)n3)s2)c2cnccn2)nn1)N1CCC12COC2. The lowest BCUT2D eigenvalue weighted by Crippen LogP contribution is -2.72. The van der Waals surface area contributed by atoms with Crippen LogP contribution in [0.25, 0.3) is 21.4 Å². The van der Waals surface area contributed by atoms with Crippen molar-refractivity contribution in [2.24, 2.45) is 0 Å². The Balaban J connectivity index is 0.000000164. The Hall–Kier alpha value is -8.07. The molecule has 4 aliphatic rings. The summed E-state index contributed by atoms with van der Waals surface area (Å²) in [6.07, 6.45) is 1.83. The van der Waals surface area contributed by atoms with Crippen molar-refractivity contribution >= 4 is 57.8 Å². The van der Waals surface area contributed by atoms with Gasteiger partial charge in [0.15, 0.2) is 34.7 Å². The van der Waals surface area contributed by atoms with E-state index in [0.29, 0.717) is 63.2 Å². The Kier molecular flexibility index (Phi) is 15.0. The van der Waals surface area contributed by atoms with Crippen LogP contribution in [0.4, 0.5) is 54.3 Å². The number of carbonyl (C=O) groups excluding carboxylic acids is 1. The van der Waals surface area contributed by atoms with Gasteiger partial charge in [0.1, 0.15) is 0 Å². The molecule has 2 spiro atoms. The summed E-state index contributed by atoms with van der Waals surface area (Å²) in [5.74, 6) is -2.97. The highest BCUT2D eigenvalue weighted by atomic mass is 32.1. The van der Waals surface area contributed by atoms with E-state index in [2.05, 4.69) is 75.0 Å². The van der Waals surface area contributed by atoms with Gasteiger partial charge in [0.25, 0.3) is 5.91 Å². The molecule has 32 heteroatoms. The summed E-state index contributed by atoms with van der Waals surface area (Å²) in [5.41, 5.74) is 0.267. The molecule has 4 aliphatic heterocycles. The molecule has 12 rings (SSSR count). The Labute approximate surface area is 430 Å². The summed E-state index contributed by atoms with van der Waals surface area (Å²) in [6.45, 7) is 5.28. The van der Waals surface area contributed by atoms with Gasteiger partial charge >= 0.3 is 30.1 Å². The normalized spacial score (nSPS) is 15.8. The molecule has 2 N–H and O–H groups in total. The van der Waals surface area contributed by atoms with E-state index in [1.54, 1.807) is 57.3 Å². The molecule has 0 atom stereocenters. The van der Waals surface area contributed by atoms with Gasteiger partial charge < -0.3 is 43.6 Å². The van der Waals surface area contributed by atoms with Crippen molar-refractivity contribution in [3.63, 3.8) is 0 Å². The van der Waals surface area contributed by atoms with Crippen molar-refractivity contribution in [3.05, 3.63) is 119 Å². The highest BCUT2D eigenvalue weighted by molar-refractivity contribution is 7.15. The zero-order valence-corrected chi connectivity index (χ0v) is 40.4. The number of aromatic nitrogens is 12. The van der Waals surface area contributed by atoms with Crippen LogP contribution in [-0.4, -0.2) is 133 Å². The number of hydrogen-bond acceptors (Lipinski definition) is 23. The van der Waals surface area contributed by atoms with Crippen molar-refractivity contribution < 1.29 is 64.3 Å². The van der Waals surface area contributed by atoms with Crippen LogP contribution >= 0.6 is 22.7 Å². The number of carboxylic acid groups (broad SMARTS) is 1. The molecule has 0 aliphatic carbocycles. The van der Waals surface area contributed by atoms with Gasteiger partial charge in [-0.1, -0.05) is 10.3 Å². The van der Waals surface area contributed by atoms with E-state index in [9.17, 15) is 35.9 Å². The topological polar surface area (TPSA) is 276 Å². The largest absolute Gasteiger partial charge is 0.476 e. The molecule has 0 aromatic carbocycles. The number of ether oxygens (including phenoxy) is 2. The number of carboxylic acids is 1. The first kappa shape index (κ1) is 52.8. The maximum atomic E-state index is 12.9. The lowest BCUT2D eigenvalue weighted by molar-refractivity contribution is -0.172. The number of likely N-dealkylation sites (tertiary alicyclic amines) is 1. The summed E-state index contributed by atoms with van der Waals surface area (Å²) < 4.78 is 95.4. The van der Waals surface area contributed by atoms with Crippen molar-refractivity contribution in [1.29, 1.82) is 0 Å². The van der Waals surface area contributed by atoms with Gasteiger partial charge in [-0.3, -0.25) is 19.5 Å². The molecular weight excluding hydrogens is 1060 g/mol. The minimum absolute atomic E-state index is 0. The average molecular weight is 1100 g/mol. The fourth-order valence-corrected chi connectivity index (χ4v) is 9.49. The summed E-state index contributed by atoms with van der Waals surface area (Å²) in [5, 5.41) is 35.2. The number of thiophene rings is 2. The monoisotopic (exact) mass is 1100 g/mol. The Morgan fingerprint density at radius 3 is 1.47 bits per heavy atom. The maximum Gasteiger partial charge on any atom is 0.471 e. The van der Waals surface area contributed by atoms with Gasteiger partial charge in [0.2, 0.25) is 11.6 Å². The summed E-state index contributed by atoms with van der Waals surface area (Å²) in [4.78, 5) is 54.8. The molecule has 12 heterocycles. The third kappa shape index (κ3) is 11.4. The number of anilines is 4. The van der Waals surface area contributed by atoms with E-state index >= 15 is 0 Å². The number of amides is 1. The second-order valence-electron chi connectivity index (χ2n) is 16.9. The molecule has 23 nitrogen and oxygen atoms in total. The predicted octanol–water partition coefficient (Wildman–Crippen LogP) is 6.68. The fourth-order valence-electron chi connectivity index (χ4n) is 7.65. The number of carbonyl (C=O) groups is 2. The van der Waals surface area contributed by atoms with E-state index in [4.69, 9.17) is 14.6 Å². The van der Waals surface area contributed by atoms with Crippen LogP contribution in [0.2, 0.25) is 0 Å². The zero-order valence-electron chi connectivity index (χ0n) is 38.8. The minimum Gasteiger partial charge on any atom is -0.476 e. The molecule has 0 unspecified atom stereocenters. The summed E-state index contributed by atoms with van der Waals surface area (Å²) in [7, 11) is 0. The summed E-state index contributed by atoms with van der Waals surface area (Å²) >= 11 is 2.35. The smallest absolute Gasteiger partial charge is 0.471 e. The molecule has 4 saturated heterocycles. The standard InChI is InChI=1S/C22H17F3N8O3S.C17H10F3N7O3S.C5H9NO.FH/c23-22(24,25)20-28-18(31-36-20)15-3-1-13(37-15)10-32(17-9-26-6-7-27-17)16-4-2-14(29-30-16)19(34)33-8-5-21(33)11-35-12-21;18-17(19,20)16-23-14(26-30-16)11-3-1-9(31-11)8-27(13-7-21-5-6-22-13)12-4-2-10(15(28)29)24-25-12;1-2-6-5(1)3-7-4-5;/h1-4,6-7,9H,5,8,10-12H2;1-7H,8H2,(H,28,29);6H,1-4H2;1H. The van der Waals surface area contributed by atoms with Crippen LogP contribution in [0.15, 0.2) is 94.8 Å². The van der Waals surface area contributed by atoms with Crippen molar-refractivity contribution in [2.45, 2.75) is 49.4 Å². The first-order valence-corrected chi connectivity index (χ1v) is 23.9. The van der Waals surface area contributed by atoms with Crippen LogP contribution in [0.3, 0.4) is 0 Å². The van der Waals surface area contributed by atoms with Crippen LogP contribution in [0, 0.1) is 0 Å². The van der Waals surface area contributed by atoms with E-state index in [1.807, 2.05) is 0 Å². The number of nitrogens with one attached hydrogen (secondary N) is 1.